The molecular formula is C9H17NO3. The van der Waals surface area contributed by atoms with Crippen LogP contribution in [-0.2, 0) is 14.2 Å². The molecule has 0 radical (unpaired) electrons. The highest BCUT2D eigenvalue weighted by Gasteiger charge is 2.49. The van der Waals surface area contributed by atoms with Crippen molar-refractivity contribution < 1.29 is 14.2 Å². The van der Waals surface area contributed by atoms with Crippen molar-refractivity contribution in [2.24, 2.45) is 5.41 Å². The van der Waals surface area contributed by atoms with E-state index in [4.69, 9.17) is 14.2 Å². The molecule has 0 atom stereocenters. The second-order valence-corrected chi connectivity index (χ2v) is 4.14. The molecule has 3 fully saturated rings. The summed E-state index contributed by atoms with van der Waals surface area (Å²) in [5.41, 5.74) is 0.0635. The van der Waals surface area contributed by atoms with Gasteiger partial charge in [-0.1, -0.05) is 13.8 Å². The third-order valence-electron chi connectivity index (χ3n) is 2.51. The van der Waals surface area contributed by atoms with Gasteiger partial charge in [-0.05, 0) is 6.54 Å². The zero-order chi connectivity index (χ0) is 9.36. The van der Waals surface area contributed by atoms with Crippen molar-refractivity contribution in [1.82, 2.24) is 5.32 Å². The molecular weight excluding hydrogens is 170 g/mol. The maximum Gasteiger partial charge on any atom is 0.296 e. The number of rotatable bonds is 3. The van der Waals surface area contributed by atoms with E-state index in [-0.39, 0.29) is 5.41 Å². The van der Waals surface area contributed by atoms with Gasteiger partial charge < -0.3 is 19.5 Å². The fourth-order valence-corrected chi connectivity index (χ4v) is 1.53. The van der Waals surface area contributed by atoms with Gasteiger partial charge in [0.15, 0.2) is 0 Å². The van der Waals surface area contributed by atoms with Gasteiger partial charge in [0.2, 0.25) is 0 Å². The van der Waals surface area contributed by atoms with Crippen molar-refractivity contribution in [3.05, 3.63) is 0 Å². The largest absolute Gasteiger partial charge is 0.326 e. The van der Waals surface area contributed by atoms with Crippen molar-refractivity contribution in [2.45, 2.75) is 19.8 Å². The van der Waals surface area contributed by atoms with Gasteiger partial charge in [-0.3, -0.25) is 0 Å². The smallest absolute Gasteiger partial charge is 0.296 e. The first kappa shape index (κ1) is 9.40. The minimum atomic E-state index is -0.798. The Morgan fingerprint density at radius 3 is 2.15 bits per heavy atom. The normalized spacial score (nSPS) is 43.8. The summed E-state index contributed by atoms with van der Waals surface area (Å²) >= 11 is 0. The van der Waals surface area contributed by atoms with Gasteiger partial charge in [0, 0.05) is 5.41 Å². The second kappa shape index (κ2) is 3.20. The molecule has 3 aliphatic rings. The van der Waals surface area contributed by atoms with Crippen LogP contribution < -0.4 is 5.32 Å². The van der Waals surface area contributed by atoms with E-state index in [0.29, 0.717) is 6.54 Å². The third kappa shape index (κ3) is 1.72. The van der Waals surface area contributed by atoms with E-state index >= 15 is 0 Å². The second-order valence-electron chi connectivity index (χ2n) is 4.14. The highest BCUT2D eigenvalue weighted by atomic mass is 16.9. The van der Waals surface area contributed by atoms with Gasteiger partial charge in [-0.2, -0.15) is 0 Å². The van der Waals surface area contributed by atoms with E-state index in [1.54, 1.807) is 0 Å². The standard InChI is InChI=1S/C9H17NO3/c1-3-10-4-9-11-5-8(2,6-12-9)7-13-9/h10H,3-7H2,1-2H3. The number of fused-ring (bicyclic) bond motifs is 3. The molecule has 0 aromatic rings. The molecule has 3 aliphatic heterocycles. The van der Waals surface area contributed by atoms with Crippen molar-refractivity contribution in [3.8, 4) is 0 Å². The van der Waals surface area contributed by atoms with E-state index in [0.717, 1.165) is 26.4 Å². The van der Waals surface area contributed by atoms with Crippen LogP contribution in [-0.4, -0.2) is 38.9 Å². The van der Waals surface area contributed by atoms with E-state index in [1.165, 1.54) is 0 Å². The maximum atomic E-state index is 5.56. The topological polar surface area (TPSA) is 39.7 Å². The number of hydrogen-bond acceptors (Lipinski definition) is 4. The molecule has 4 nitrogen and oxygen atoms in total. The summed E-state index contributed by atoms with van der Waals surface area (Å²) in [5.74, 6) is -0.798. The summed E-state index contributed by atoms with van der Waals surface area (Å²) in [6.45, 7) is 7.87. The molecule has 13 heavy (non-hydrogen) atoms. The van der Waals surface area contributed by atoms with Crippen molar-refractivity contribution in [3.63, 3.8) is 0 Å². The van der Waals surface area contributed by atoms with Crippen LogP contribution in [0.2, 0.25) is 0 Å². The molecule has 0 unspecified atom stereocenters. The molecule has 3 heterocycles. The molecule has 0 aliphatic carbocycles. The molecule has 3 rings (SSSR count). The van der Waals surface area contributed by atoms with Gasteiger partial charge in [-0.25, -0.2) is 0 Å². The lowest BCUT2D eigenvalue weighted by atomic mass is 9.92. The highest BCUT2D eigenvalue weighted by molar-refractivity contribution is 4.85. The third-order valence-corrected chi connectivity index (χ3v) is 2.51. The van der Waals surface area contributed by atoms with Crippen LogP contribution in [0.5, 0.6) is 0 Å². The first-order valence-electron chi connectivity index (χ1n) is 4.81. The Hall–Kier alpha value is -0.160. The van der Waals surface area contributed by atoms with E-state index in [9.17, 15) is 0 Å². The number of hydrogen-bond donors (Lipinski definition) is 1. The van der Waals surface area contributed by atoms with Crippen LogP contribution in [0.3, 0.4) is 0 Å². The molecule has 2 bridgehead atoms. The number of nitrogens with one attached hydrogen (secondary N) is 1. The fraction of sp³-hybridized carbons (Fsp3) is 1.00. The van der Waals surface area contributed by atoms with Crippen LogP contribution in [0.1, 0.15) is 13.8 Å². The summed E-state index contributed by atoms with van der Waals surface area (Å²) in [6.07, 6.45) is 0. The molecule has 0 spiro atoms. The van der Waals surface area contributed by atoms with Gasteiger partial charge in [-0.15, -0.1) is 0 Å². The van der Waals surface area contributed by atoms with Crippen LogP contribution in [0.25, 0.3) is 0 Å². The summed E-state index contributed by atoms with van der Waals surface area (Å²) in [4.78, 5) is 0. The average molecular weight is 187 g/mol. The zero-order valence-electron chi connectivity index (χ0n) is 8.26. The summed E-state index contributed by atoms with van der Waals surface area (Å²) in [7, 11) is 0. The molecule has 0 amide bonds. The molecule has 76 valence electrons. The van der Waals surface area contributed by atoms with Gasteiger partial charge in [0.05, 0.1) is 26.4 Å². The van der Waals surface area contributed by atoms with Crippen LogP contribution in [0, 0.1) is 5.41 Å². The first-order valence-corrected chi connectivity index (χ1v) is 4.81. The predicted molar refractivity (Wildman–Crippen MR) is 47.2 cm³/mol. The minimum absolute atomic E-state index is 0.0635. The first-order chi connectivity index (χ1) is 6.18. The Balaban J connectivity index is 1.95. The van der Waals surface area contributed by atoms with Crippen LogP contribution in [0.4, 0.5) is 0 Å². The van der Waals surface area contributed by atoms with E-state index in [1.807, 2.05) is 6.92 Å². The Bertz CT molecular complexity index is 165. The lowest BCUT2D eigenvalue weighted by molar-refractivity contribution is -0.461. The number of likely N-dealkylation sites (N-methyl/N-ethyl adjacent to an activating group) is 1. The molecule has 0 aromatic carbocycles. The molecule has 1 N–H and O–H groups in total. The lowest BCUT2D eigenvalue weighted by Gasteiger charge is -2.50. The zero-order valence-corrected chi connectivity index (χ0v) is 8.26. The van der Waals surface area contributed by atoms with Crippen molar-refractivity contribution in [1.29, 1.82) is 0 Å². The van der Waals surface area contributed by atoms with Gasteiger partial charge >= 0.3 is 0 Å². The monoisotopic (exact) mass is 187 g/mol. The number of ether oxygens (including phenoxy) is 3. The Kier molecular flexibility index (Phi) is 2.32. The Morgan fingerprint density at radius 2 is 1.69 bits per heavy atom. The SMILES string of the molecule is CCNCC12OCC(C)(CO1)CO2. The quantitative estimate of drug-likeness (QED) is 0.691. The van der Waals surface area contributed by atoms with Crippen LogP contribution >= 0.6 is 0 Å². The van der Waals surface area contributed by atoms with Crippen molar-refractivity contribution in [2.75, 3.05) is 32.9 Å². The van der Waals surface area contributed by atoms with Gasteiger partial charge in [0.1, 0.15) is 0 Å². The van der Waals surface area contributed by atoms with Crippen LogP contribution in [0.15, 0.2) is 0 Å². The summed E-state index contributed by atoms with van der Waals surface area (Å²) < 4.78 is 16.7. The summed E-state index contributed by atoms with van der Waals surface area (Å²) in [6, 6.07) is 0. The molecule has 0 aromatic heterocycles. The van der Waals surface area contributed by atoms with Crippen molar-refractivity contribution >= 4 is 0 Å². The lowest BCUT2D eigenvalue weighted by Crippen LogP contribution is -2.62. The molecule has 3 saturated heterocycles. The van der Waals surface area contributed by atoms with E-state index < -0.39 is 5.97 Å². The van der Waals surface area contributed by atoms with E-state index in [2.05, 4.69) is 12.2 Å². The Morgan fingerprint density at radius 1 is 1.15 bits per heavy atom. The van der Waals surface area contributed by atoms with Gasteiger partial charge in [0.25, 0.3) is 5.97 Å². The summed E-state index contributed by atoms with van der Waals surface area (Å²) in [5, 5.41) is 3.17. The maximum absolute atomic E-state index is 5.56. The fourth-order valence-electron chi connectivity index (χ4n) is 1.53. The average Bonchev–Trinajstić information content (AvgIpc) is 2.18. The molecule has 4 heteroatoms. The molecule has 0 saturated carbocycles. The highest BCUT2D eigenvalue weighted by Crippen LogP contribution is 2.37. The predicted octanol–water partition coefficient (Wildman–Crippen LogP) is 0.333. The minimum Gasteiger partial charge on any atom is -0.326 e. The Labute approximate surface area is 78.5 Å².